The molecule has 0 saturated carbocycles. The summed E-state index contributed by atoms with van der Waals surface area (Å²) in [4.78, 5) is 32.7. The predicted molar refractivity (Wildman–Crippen MR) is 131 cm³/mol. The molecule has 3 aromatic rings. The van der Waals surface area contributed by atoms with Gasteiger partial charge in [0.25, 0.3) is 5.91 Å². The predicted octanol–water partition coefficient (Wildman–Crippen LogP) is 6.05. The minimum absolute atomic E-state index is 0.00959. The molecular weight excluding hydrogens is 416 g/mol. The van der Waals surface area contributed by atoms with E-state index < -0.39 is 5.92 Å². The van der Waals surface area contributed by atoms with Gasteiger partial charge in [0.2, 0.25) is 5.91 Å². The molecule has 166 valence electrons. The third-order valence-corrected chi connectivity index (χ3v) is 6.94. The molecule has 0 spiro atoms. The van der Waals surface area contributed by atoms with Gasteiger partial charge in [0.05, 0.1) is 12.0 Å². The zero-order chi connectivity index (χ0) is 22.8. The van der Waals surface area contributed by atoms with Crippen molar-refractivity contribution in [2.24, 2.45) is 5.92 Å². The lowest BCUT2D eigenvalue weighted by molar-refractivity contribution is -0.121. The molecule has 0 radical (unpaired) electrons. The number of carbonyl (C=O) groups excluding carboxylic acids is 2. The van der Waals surface area contributed by atoms with Gasteiger partial charge in [0, 0.05) is 29.2 Å². The second kappa shape index (κ2) is 9.29. The first kappa shape index (κ1) is 22.3. The molecular formula is C27H30N2O2S. The van der Waals surface area contributed by atoms with E-state index >= 15 is 0 Å². The summed E-state index contributed by atoms with van der Waals surface area (Å²) < 4.78 is 0. The molecule has 2 heterocycles. The fourth-order valence-electron chi connectivity index (χ4n) is 4.66. The number of thiophene rings is 1. The highest BCUT2D eigenvalue weighted by Gasteiger charge is 2.46. The smallest absolute Gasteiger partial charge is 0.254 e. The van der Waals surface area contributed by atoms with Crippen LogP contribution < -0.4 is 4.90 Å². The second-order valence-electron chi connectivity index (χ2n) is 8.80. The topological polar surface area (TPSA) is 40.6 Å². The Bertz CT molecular complexity index is 1110. The van der Waals surface area contributed by atoms with Crippen molar-refractivity contribution in [3.63, 3.8) is 0 Å². The SMILES string of the molecule is CCN(C(=O)C1c2ccccc2C(=O)N(CC(C)C)C1c1cccs1)c1cccc(C)c1. The number of carbonyl (C=O) groups is 2. The monoisotopic (exact) mass is 446 g/mol. The maximum absolute atomic E-state index is 14.2. The lowest BCUT2D eigenvalue weighted by Crippen LogP contribution is -2.49. The summed E-state index contributed by atoms with van der Waals surface area (Å²) in [5.41, 5.74) is 3.48. The van der Waals surface area contributed by atoms with Crippen LogP contribution in [0.2, 0.25) is 0 Å². The summed E-state index contributed by atoms with van der Waals surface area (Å²) >= 11 is 1.61. The molecule has 1 aliphatic rings. The highest BCUT2D eigenvalue weighted by atomic mass is 32.1. The summed E-state index contributed by atoms with van der Waals surface area (Å²) in [6.07, 6.45) is 0. The average molecular weight is 447 g/mol. The normalized spacial score (nSPS) is 18.0. The molecule has 0 aliphatic carbocycles. The van der Waals surface area contributed by atoms with Gasteiger partial charge in [0.1, 0.15) is 0 Å². The molecule has 2 atom stereocenters. The number of amides is 2. The largest absolute Gasteiger partial charge is 0.329 e. The minimum atomic E-state index is -0.457. The first-order valence-electron chi connectivity index (χ1n) is 11.2. The zero-order valence-corrected chi connectivity index (χ0v) is 19.9. The van der Waals surface area contributed by atoms with Crippen LogP contribution in [0.15, 0.2) is 66.0 Å². The summed E-state index contributed by atoms with van der Waals surface area (Å²) in [6.45, 7) is 9.44. The van der Waals surface area contributed by atoms with Crippen LogP contribution in [0.4, 0.5) is 5.69 Å². The van der Waals surface area contributed by atoms with Crippen LogP contribution in [0.1, 0.15) is 59.1 Å². The first-order chi connectivity index (χ1) is 15.4. The molecule has 0 saturated heterocycles. The Labute approximate surface area is 194 Å². The third kappa shape index (κ3) is 4.09. The average Bonchev–Trinajstić information content (AvgIpc) is 3.30. The van der Waals surface area contributed by atoms with Crippen molar-refractivity contribution in [2.75, 3.05) is 18.0 Å². The van der Waals surface area contributed by atoms with Crippen LogP contribution in [-0.4, -0.2) is 29.8 Å². The van der Waals surface area contributed by atoms with Crippen molar-refractivity contribution in [3.8, 4) is 0 Å². The molecule has 2 amide bonds. The Balaban J connectivity index is 1.88. The Hall–Kier alpha value is -2.92. The molecule has 2 aromatic carbocycles. The van der Waals surface area contributed by atoms with E-state index in [1.165, 1.54) is 0 Å². The molecule has 32 heavy (non-hydrogen) atoms. The lowest BCUT2D eigenvalue weighted by Gasteiger charge is -2.43. The van der Waals surface area contributed by atoms with Crippen molar-refractivity contribution in [2.45, 2.75) is 39.7 Å². The number of aryl methyl sites for hydroxylation is 1. The van der Waals surface area contributed by atoms with Gasteiger partial charge < -0.3 is 9.80 Å². The van der Waals surface area contributed by atoms with Gasteiger partial charge in [-0.25, -0.2) is 0 Å². The first-order valence-corrected chi connectivity index (χ1v) is 12.1. The van der Waals surface area contributed by atoms with Gasteiger partial charge in [-0.05, 0) is 60.5 Å². The van der Waals surface area contributed by atoms with Crippen LogP contribution in [0.3, 0.4) is 0 Å². The fourth-order valence-corrected chi connectivity index (χ4v) is 5.53. The van der Waals surface area contributed by atoms with Crippen molar-refractivity contribution >= 4 is 28.8 Å². The molecule has 4 nitrogen and oxygen atoms in total. The number of rotatable bonds is 6. The van der Waals surface area contributed by atoms with E-state index in [0.717, 1.165) is 21.7 Å². The fraction of sp³-hybridized carbons (Fsp3) is 0.333. The van der Waals surface area contributed by atoms with E-state index in [-0.39, 0.29) is 17.9 Å². The molecule has 0 N–H and O–H groups in total. The van der Waals surface area contributed by atoms with Crippen LogP contribution >= 0.6 is 11.3 Å². The maximum atomic E-state index is 14.2. The van der Waals surface area contributed by atoms with Gasteiger partial charge in [0.15, 0.2) is 0 Å². The number of fused-ring (bicyclic) bond motifs is 1. The summed E-state index contributed by atoms with van der Waals surface area (Å²) in [5, 5.41) is 2.02. The van der Waals surface area contributed by atoms with Gasteiger partial charge in [-0.3, -0.25) is 9.59 Å². The third-order valence-electron chi connectivity index (χ3n) is 6.00. The molecule has 1 aliphatic heterocycles. The Kier molecular flexibility index (Phi) is 6.47. The van der Waals surface area contributed by atoms with Crippen LogP contribution in [0, 0.1) is 12.8 Å². The van der Waals surface area contributed by atoms with Crippen molar-refractivity contribution in [1.29, 1.82) is 0 Å². The standard InChI is InChI=1S/C27H30N2O2S/c1-5-28(20-11-8-10-19(4)16-20)27(31)24-21-12-6-7-13-22(21)26(30)29(17-18(2)3)25(24)23-14-9-15-32-23/h6-16,18,24-25H,5,17H2,1-4H3. The van der Waals surface area contributed by atoms with E-state index in [4.69, 9.17) is 0 Å². The highest BCUT2D eigenvalue weighted by molar-refractivity contribution is 7.10. The summed E-state index contributed by atoms with van der Waals surface area (Å²) in [6, 6.07) is 19.4. The Morgan fingerprint density at radius 2 is 1.88 bits per heavy atom. The van der Waals surface area contributed by atoms with Crippen molar-refractivity contribution in [1.82, 2.24) is 4.90 Å². The summed E-state index contributed by atoms with van der Waals surface area (Å²) in [5.74, 6) is -0.121. The maximum Gasteiger partial charge on any atom is 0.254 e. The second-order valence-corrected chi connectivity index (χ2v) is 9.78. The highest BCUT2D eigenvalue weighted by Crippen LogP contribution is 2.45. The van der Waals surface area contributed by atoms with Gasteiger partial charge in [-0.1, -0.05) is 50.2 Å². The molecule has 0 bridgehead atoms. The van der Waals surface area contributed by atoms with E-state index in [1.807, 2.05) is 89.7 Å². The Morgan fingerprint density at radius 3 is 2.53 bits per heavy atom. The number of benzene rings is 2. The van der Waals surface area contributed by atoms with Crippen molar-refractivity contribution < 1.29 is 9.59 Å². The van der Waals surface area contributed by atoms with Crippen LogP contribution in [0.5, 0.6) is 0 Å². The number of anilines is 1. The van der Waals surface area contributed by atoms with E-state index in [2.05, 4.69) is 13.8 Å². The quantitative estimate of drug-likeness (QED) is 0.463. The number of nitrogens with zero attached hydrogens (tertiary/aromatic N) is 2. The number of hydrogen-bond donors (Lipinski definition) is 0. The molecule has 5 heteroatoms. The van der Waals surface area contributed by atoms with Gasteiger partial charge >= 0.3 is 0 Å². The molecule has 0 fully saturated rings. The van der Waals surface area contributed by atoms with Crippen LogP contribution in [0.25, 0.3) is 0 Å². The molecule has 2 unspecified atom stereocenters. The van der Waals surface area contributed by atoms with Crippen molar-refractivity contribution in [3.05, 3.63) is 87.6 Å². The lowest BCUT2D eigenvalue weighted by atomic mass is 9.80. The zero-order valence-electron chi connectivity index (χ0n) is 19.1. The molecule has 4 rings (SSSR count). The van der Waals surface area contributed by atoms with E-state index in [0.29, 0.717) is 24.6 Å². The van der Waals surface area contributed by atoms with Gasteiger partial charge in [-0.2, -0.15) is 0 Å². The molecule has 1 aromatic heterocycles. The number of hydrogen-bond acceptors (Lipinski definition) is 3. The van der Waals surface area contributed by atoms with Crippen LogP contribution in [-0.2, 0) is 4.79 Å². The number of likely N-dealkylation sites (N-methyl/N-ethyl adjacent to an activating group) is 1. The summed E-state index contributed by atoms with van der Waals surface area (Å²) in [7, 11) is 0. The van der Waals surface area contributed by atoms with E-state index in [9.17, 15) is 9.59 Å². The Morgan fingerprint density at radius 1 is 1.09 bits per heavy atom. The van der Waals surface area contributed by atoms with Gasteiger partial charge in [-0.15, -0.1) is 11.3 Å². The van der Waals surface area contributed by atoms with E-state index in [1.54, 1.807) is 11.3 Å². The minimum Gasteiger partial charge on any atom is -0.329 e.